The number of ether oxygens (including phenoxy) is 2. The van der Waals surface area contributed by atoms with Gasteiger partial charge in [0.2, 0.25) is 0 Å². The van der Waals surface area contributed by atoms with E-state index in [1.165, 1.54) is 15.2 Å². The van der Waals surface area contributed by atoms with Crippen molar-refractivity contribution in [1.29, 1.82) is 0 Å². The van der Waals surface area contributed by atoms with E-state index in [2.05, 4.69) is 37.9 Å². The summed E-state index contributed by atoms with van der Waals surface area (Å²) in [5, 5.41) is 10.1. The van der Waals surface area contributed by atoms with Crippen molar-refractivity contribution in [3.63, 3.8) is 0 Å². The fourth-order valence-corrected chi connectivity index (χ4v) is 5.90. The molecule has 4 aromatic carbocycles. The van der Waals surface area contributed by atoms with Gasteiger partial charge in [-0.2, -0.15) is 0 Å². The lowest BCUT2D eigenvalue weighted by atomic mass is 10.2. The van der Waals surface area contributed by atoms with E-state index in [4.69, 9.17) is 17.0 Å². The Balaban J connectivity index is 0.00000103. The van der Waals surface area contributed by atoms with Gasteiger partial charge in [-0.3, -0.25) is 14.9 Å². The van der Waals surface area contributed by atoms with Gasteiger partial charge in [-0.25, -0.2) is 37.4 Å². The number of hydrogen-bond donors (Lipinski definition) is 3. The van der Waals surface area contributed by atoms with E-state index in [1.807, 2.05) is 47.6 Å². The summed E-state index contributed by atoms with van der Waals surface area (Å²) in [5.41, 5.74) is 0.0897. The van der Waals surface area contributed by atoms with Gasteiger partial charge in [0.25, 0.3) is 11.1 Å². The van der Waals surface area contributed by atoms with E-state index >= 15 is 0 Å². The molecular weight excluding hydrogens is 857 g/mol. The molecule has 0 bridgehead atoms. The minimum Gasteiger partial charge on any atom is -0.450 e. The average Bonchev–Trinajstić information content (AvgIpc) is 3.25. The summed E-state index contributed by atoms with van der Waals surface area (Å²) in [6.45, 7) is 3.81. The second-order valence-corrected chi connectivity index (χ2v) is 12.3. The molecule has 2 amide bonds. The Morgan fingerprint density at radius 2 is 1.02 bits per heavy atom. The summed E-state index contributed by atoms with van der Waals surface area (Å²) < 4.78 is 14.2. The molecular formula is C46H56N8O8S2. The number of aromatic nitrogens is 4. The molecule has 0 aliphatic rings. The van der Waals surface area contributed by atoms with Gasteiger partial charge in [0.1, 0.15) is 22.2 Å². The van der Waals surface area contributed by atoms with Crippen LogP contribution in [0.15, 0.2) is 152 Å². The SMILES string of the molecule is C.C.C.C.CCOC(=O)N=C=S.CCOC(=O)NC(=S)c1c(NC)n(-c2ccccc2)c(=O)n(-c2ccccc2)c1=O.CNc1cc(=O)n(-c2ccccc2)c(=O)n1-c1ccccc1. The van der Waals surface area contributed by atoms with E-state index < -0.39 is 29.1 Å². The van der Waals surface area contributed by atoms with E-state index in [0.29, 0.717) is 35.2 Å². The monoisotopic (exact) mass is 912 g/mol. The van der Waals surface area contributed by atoms with E-state index in [0.717, 1.165) is 9.13 Å². The van der Waals surface area contributed by atoms with Crippen LogP contribution in [-0.4, -0.2) is 67.9 Å². The summed E-state index contributed by atoms with van der Waals surface area (Å²) in [4.78, 5) is 76.8. The van der Waals surface area contributed by atoms with Gasteiger partial charge in [-0.05, 0) is 74.6 Å². The number of amides is 2. The van der Waals surface area contributed by atoms with Gasteiger partial charge in [-0.1, -0.05) is 115 Å². The summed E-state index contributed by atoms with van der Waals surface area (Å²) >= 11 is 9.46. The van der Waals surface area contributed by atoms with Gasteiger partial charge < -0.3 is 20.1 Å². The topological polar surface area (TPSA) is 189 Å². The first-order chi connectivity index (χ1) is 29.0. The lowest BCUT2D eigenvalue weighted by Crippen LogP contribution is -2.45. The summed E-state index contributed by atoms with van der Waals surface area (Å²) in [6, 6.07) is 36.8. The average molecular weight is 913 g/mol. The zero-order chi connectivity index (χ0) is 43.6. The predicted octanol–water partition coefficient (Wildman–Crippen LogP) is 8.27. The highest BCUT2D eigenvalue weighted by Crippen LogP contribution is 2.18. The molecule has 2 aromatic heterocycles. The van der Waals surface area contributed by atoms with Crippen molar-refractivity contribution in [2.45, 2.75) is 43.6 Å². The first-order valence-electron chi connectivity index (χ1n) is 18.1. The maximum Gasteiger partial charge on any atom is 0.442 e. The molecule has 16 nitrogen and oxygen atoms in total. The maximum absolute atomic E-state index is 13.4. The Hall–Kier alpha value is -7.53. The number of rotatable bonds is 9. The van der Waals surface area contributed by atoms with Crippen molar-refractivity contribution in [3.8, 4) is 22.7 Å². The van der Waals surface area contributed by atoms with Crippen LogP contribution in [0.1, 0.15) is 49.1 Å². The third-order valence-corrected chi connectivity index (χ3v) is 8.43. The van der Waals surface area contributed by atoms with Crippen LogP contribution in [0.4, 0.5) is 21.2 Å². The predicted molar refractivity (Wildman–Crippen MR) is 265 cm³/mol. The van der Waals surface area contributed by atoms with Crippen LogP contribution in [0.25, 0.3) is 22.7 Å². The van der Waals surface area contributed by atoms with Crippen molar-refractivity contribution in [2.24, 2.45) is 4.99 Å². The van der Waals surface area contributed by atoms with Gasteiger partial charge in [0, 0.05) is 20.2 Å². The first-order valence-corrected chi connectivity index (χ1v) is 18.9. The second-order valence-electron chi connectivity index (χ2n) is 11.7. The normalized spacial score (nSPS) is 9.31. The van der Waals surface area contributed by atoms with Crippen LogP contribution in [0, 0.1) is 0 Å². The van der Waals surface area contributed by atoms with Crippen LogP contribution in [0.5, 0.6) is 0 Å². The highest BCUT2D eigenvalue weighted by molar-refractivity contribution is 7.80. The highest BCUT2D eigenvalue weighted by Gasteiger charge is 2.24. The molecule has 0 saturated heterocycles. The molecule has 0 aliphatic heterocycles. The molecule has 2 heterocycles. The third kappa shape index (κ3) is 14.0. The number of alkyl carbamates (subject to hydrolysis) is 1. The molecule has 0 saturated carbocycles. The minimum absolute atomic E-state index is 0. The lowest BCUT2D eigenvalue weighted by molar-refractivity contribution is 0.158. The Morgan fingerprint density at radius 1 is 0.609 bits per heavy atom. The molecule has 0 fully saturated rings. The van der Waals surface area contributed by atoms with Crippen molar-refractivity contribution in [1.82, 2.24) is 23.6 Å². The number of para-hydroxylation sites is 4. The number of carbonyl (C=O) groups excluding carboxylic acids is 2. The van der Waals surface area contributed by atoms with Crippen LogP contribution in [-0.2, 0) is 9.47 Å². The number of benzene rings is 4. The van der Waals surface area contributed by atoms with E-state index in [-0.39, 0.29) is 58.2 Å². The number of thiocarbonyl (C=S) groups is 2. The fraction of sp³-hybridized carbons (Fsp3) is 0.217. The minimum atomic E-state index is -0.785. The molecule has 340 valence electrons. The zero-order valence-corrected chi connectivity index (χ0v) is 34.5. The van der Waals surface area contributed by atoms with Crippen molar-refractivity contribution in [3.05, 3.63) is 175 Å². The van der Waals surface area contributed by atoms with Crippen molar-refractivity contribution >= 4 is 58.4 Å². The molecule has 6 rings (SSSR count). The molecule has 3 N–H and O–H groups in total. The maximum atomic E-state index is 13.4. The number of hydrogen-bond acceptors (Lipinski definition) is 12. The smallest absolute Gasteiger partial charge is 0.442 e. The number of nitrogens with one attached hydrogen (secondary N) is 3. The lowest BCUT2D eigenvalue weighted by Gasteiger charge is -2.19. The van der Waals surface area contributed by atoms with Crippen LogP contribution >= 0.6 is 24.4 Å². The van der Waals surface area contributed by atoms with Gasteiger partial charge >= 0.3 is 23.6 Å². The van der Waals surface area contributed by atoms with Crippen LogP contribution in [0.3, 0.4) is 0 Å². The van der Waals surface area contributed by atoms with Crippen molar-refractivity contribution in [2.75, 3.05) is 37.9 Å². The summed E-state index contributed by atoms with van der Waals surface area (Å²) in [6.07, 6.45) is -1.46. The quantitative estimate of drug-likeness (QED) is 0.0932. The Morgan fingerprint density at radius 3 is 1.42 bits per heavy atom. The summed E-state index contributed by atoms with van der Waals surface area (Å²) in [5.74, 6) is 0.610. The van der Waals surface area contributed by atoms with E-state index in [9.17, 15) is 28.8 Å². The summed E-state index contributed by atoms with van der Waals surface area (Å²) in [7, 11) is 3.25. The Bertz CT molecular complexity index is 2720. The van der Waals surface area contributed by atoms with Crippen LogP contribution < -0.4 is 38.4 Å². The second kappa shape index (κ2) is 28.1. The molecule has 0 spiro atoms. The zero-order valence-electron chi connectivity index (χ0n) is 32.9. The molecule has 18 heteroatoms. The standard InChI is InChI=1S/C21H20N4O4S.C17H15N3O2.C4H5NO2S.4CH4/c1-3-29-20(27)23-18(30)16-17(22-2)24(14-10-6-4-7-11-14)21(28)25(19(16)26)15-12-8-5-9-13-15;1-18-15-12-16(21)20(14-10-6-3-7-11-14)17(22)19(15)13-8-4-2-5-9-13;1-2-7-4(6)5-3-8;;;;/h4-13,22H,3H2,1-2H3,(H,23,27,30);2-12,18H,1H3;2H2,1H3;4*1H4. The fourth-order valence-electron chi connectivity index (χ4n) is 5.55. The molecule has 64 heavy (non-hydrogen) atoms. The third-order valence-electron chi connectivity index (χ3n) is 8.04. The molecule has 0 unspecified atom stereocenters. The Kier molecular flexibility index (Phi) is 24.8. The molecule has 6 aromatic rings. The molecule has 0 atom stereocenters. The highest BCUT2D eigenvalue weighted by atomic mass is 32.1. The number of aliphatic imine (C=N–C) groups is 1. The van der Waals surface area contributed by atoms with Gasteiger partial charge in [0.05, 0.1) is 41.1 Å². The largest absolute Gasteiger partial charge is 0.450 e. The van der Waals surface area contributed by atoms with Crippen molar-refractivity contribution < 1.29 is 19.1 Å². The number of nitrogens with zero attached hydrogens (tertiary/aromatic N) is 5. The molecule has 0 aliphatic carbocycles. The number of isothiocyanates is 1. The Labute approximate surface area is 383 Å². The van der Waals surface area contributed by atoms with Crippen LogP contribution in [0.2, 0.25) is 0 Å². The van der Waals surface area contributed by atoms with E-state index in [1.54, 1.807) is 107 Å². The van der Waals surface area contributed by atoms with Gasteiger partial charge in [0.15, 0.2) is 0 Å². The number of carbonyl (C=O) groups is 2. The number of anilines is 2. The molecule has 0 radical (unpaired) electrons. The van der Waals surface area contributed by atoms with Gasteiger partial charge in [-0.15, -0.1) is 4.99 Å². The first kappa shape index (κ1) is 56.5.